The van der Waals surface area contributed by atoms with Gasteiger partial charge in [-0.1, -0.05) is 0 Å². The minimum atomic E-state index is 0.0896. The van der Waals surface area contributed by atoms with Gasteiger partial charge in [-0.05, 0) is 39.8 Å². The van der Waals surface area contributed by atoms with Crippen LogP contribution in [0.1, 0.15) is 32.0 Å². The van der Waals surface area contributed by atoms with Gasteiger partial charge >= 0.3 is 0 Å². The molecule has 0 unspecified atom stereocenters. The van der Waals surface area contributed by atoms with Crippen LogP contribution in [0.5, 0.6) is 0 Å². The molecule has 0 spiro atoms. The topological polar surface area (TPSA) is 42.7 Å². The third-order valence-electron chi connectivity index (χ3n) is 2.66. The van der Waals surface area contributed by atoms with E-state index < -0.39 is 0 Å². The van der Waals surface area contributed by atoms with Crippen LogP contribution in [0, 0.1) is 6.92 Å². The Labute approximate surface area is 108 Å². The number of pyridine rings is 1. The molecule has 4 heteroatoms. The van der Waals surface area contributed by atoms with Crippen LogP contribution >= 0.6 is 0 Å². The highest BCUT2D eigenvalue weighted by Gasteiger charge is 2.12. The minimum absolute atomic E-state index is 0.0896. The molecule has 0 bridgehead atoms. The molecular formula is C14H20N4. The third-order valence-corrected chi connectivity index (χ3v) is 2.66. The molecule has 0 saturated carbocycles. The Morgan fingerprint density at radius 1 is 1.33 bits per heavy atom. The van der Waals surface area contributed by atoms with Gasteiger partial charge in [0.15, 0.2) is 0 Å². The molecule has 1 N–H and O–H groups in total. The van der Waals surface area contributed by atoms with E-state index in [1.165, 1.54) is 0 Å². The standard InChI is InChI=1S/C14H20N4/c1-11-8-13(18-7-5-6-17-18)12(9-15-11)10-16-14(2,3)4/h5-9,16H,10H2,1-4H3. The summed E-state index contributed by atoms with van der Waals surface area (Å²) < 4.78 is 1.88. The number of aryl methyl sites for hydroxylation is 1. The smallest absolute Gasteiger partial charge is 0.0723 e. The van der Waals surface area contributed by atoms with Gasteiger partial charge in [-0.15, -0.1) is 0 Å². The van der Waals surface area contributed by atoms with Gasteiger partial charge in [0, 0.05) is 41.9 Å². The molecule has 0 aromatic carbocycles. The molecule has 0 aliphatic rings. The molecular weight excluding hydrogens is 224 g/mol. The molecule has 96 valence electrons. The van der Waals surface area contributed by atoms with E-state index in [-0.39, 0.29) is 5.54 Å². The Bertz CT molecular complexity index is 509. The van der Waals surface area contributed by atoms with Gasteiger partial charge < -0.3 is 5.32 Å². The van der Waals surface area contributed by atoms with Gasteiger partial charge in [0.1, 0.15) is 0 Å². The summed E-state index contributed by atoms with van der Waals surface area (Å²) in [5.41, 5.74) is 3.33. The first kappa shape index (κ1) is 12.8. The molecule has 2 aromatic heterocycles. The average Bonchev–Trinajstić information content (AvgIpc) is 2.79. The Balaban J connectivity index is 2.30. The Morgan fingerprint density at radius 2 is 2.11 bits per heavy atom. The number of nitrogens with one attached hydrogen (secondary N) is 1. The van der Waals surface area contributed by atoms with Crippen LogP contribution in [0.4, 0.5) is 0 Å². The largest absolute Gasteiger partial charge is 0.308 e. The highest BCUT2D eigenvalue weighted by molar-refractivity contribution is 5.40. The van der Waals surface area contributed by atoms with Crippen molar-refractivity contribution in [1.29, 1.82) is 0 Å². The summed E-state index contributed by atoms with van der Waals surface area (Å²) in [5.74, 6) is 0. The van der Waals surface area contributed by atoms with E-state index in [0.717, 1.165) is 23.5 Å². The Hall–Kier alpha value is -1.68. The second-order valence-corrected chi connectivity index (χ2v) is 5.51. The molecule has 0 saturated heterocycles. The SMILES string of the molecule is Cc1cc(-n2cccn2)c(CNC(C)(C)C)cn1. The second-order valence-electron chi connectivity index (χ2n) is 5.51. The van der Waals surface area contributed by atoms with Crippen LogP contribution in [0.3, 0.4) is 0 Å². The molecule has 4 nitrogen and oxygen atoms in total. The van der Waals surface area contributed by atoms with Crippen LogP contribution in [0.25, 0.3) is 5.69 Å². The Kier molecular flexibility index (Phi) is 3.48. The van der Waals surface area contributed by atoms with Crippen LogP contribution < -0.4 is 5.32 Å². The predicted octanol–water partition coefficient (Wildman–Crippen LogP) is 2.46. The Morgan fingerprint density at radius 3 is 2.72 bits per heavy atom. The summed E-state index contributed by atoms with van der Waals surface area (Å²) in [7, 11) is 0. The van der Waals surface area contributed by atoms with E-state index in [2.05, 4.69) is 42.2 Å². The van der Waals surface area contributed by atoms with E-state index in [1.807, 2.05) is 30.1 Å². The molecule has 0 radical (unpaired) electrons. The highest BCUT2D eigenvalue weighted by Crippen LogP contribution is 2.15. The lowest BCUT2D eigenvalue weighted by Gasteiger charge is -2.21. The summed E-state index contributed by atoms with van der Waals surface area (Å²) in [6.07, 6.45) is 5.66. The molecule has 2 heterocycles. The third kappa shape index (κ3) is 3.17. The first-order valence-corrected chi connectivity index (χ1v) is 6.16. The van der Waals surface area contributed by atoms with E-state index in [0.29, 0.717) is 0 Å². The maximum absolute atomic E-state index is 4.37. The molecule has 0 aliphatic heterocycles. The minimum Gasteiger partial charge on any atom is -0.308 e. The summed E-state index contributed by atoms with van der Waals surface area (Å²) in [4.78, 5) is 4.37. The lowest BCUT2D eigenvalue weighted by molar-refractivity contribution is 0.423. The normalized spacial score (nSPS) is 11.8. The molecule has 18 heavy (non-hydrogen) atoms. The first-order chi connectivity index (χ1) is 8.46. The van der Waals surface area contributed by atoms with Gasteiger partial charge in [-0.2, -0.15) is 5.10 Å². The number of hydrogen-bond acceptors (Lipinski definition) is 3. The maximum Gasteiger partial charge on any atom is 0.0723 e. The van der Waals surface area contributed by atoms with E-state index in [9.17, 15) is 0 Å². The monoisotopic (exact) mass is 244 g/mol. The predicted molar refractivity (Wildman–Crippen MR) is 72.7 cm³/mol. The van der Waals surface area contributed by atoms with Crippen LogP contribution in [0.2, 0.25) is 0 Å². The zero-order valence-corrected chi connectivity index (χ0v) is 11.4. The molecule has 0 amide bonds. The second kappa shape index (κ2) is 4.90. The summed E-state index contributed by atoms with van der Waals surface area (Å²) in [6, 6.07) is 3.99. The van der Waals surface area contributed by atoms with E-state index >= 15 is 0 Å². The summed E-state index contributed by atoms with van der Waals surface area (Å²) in [5, 5.41) is 7.77. The first-order valence-electron chi connectivity index (χ1n) is 6.16. The molecule has 0 atom stereocenters. The van der Waals surface area contributed by atoms with Crippen LogP contribution in [0.15, 0.2) is 30.7 Å². The van der Waals surface area contributed by atoms with Crippen molar-refractivity contribution < 1.29 is 0 Å². The van der Waals surface area contributed by atoms with E-state index in [4.69, 9.17) is 0 Å². The summed E-state index contributed by atoms with van der Waals surface area (Å²) >= 11 is 0. The fourth-order valence-corrected chi connectivity index (χ4v) is 1.69. The zero-order chi connectivity index (χ0) is 13.2. The molecule has 2 rings (SSSR count). The van der Waals surface area contributed by atoms with Gasteiger partial charge in [-0.3, -0.25) is 4.98 Å². The van der Waals surface area contributed by atoms with Crippen molar-refractivity contribution in [3.63, 3.8) is 0 Å². The lowest BCUT2D eigenvalue weighted by Crippen LogP contribution is -2.35. The zero-order valence-electron chi connectivity index (χ0n) is 11.4. The summed E-state index contributed by atoms with van der Waals surface area (Å²) in [6.45, 7) is 9.24. The van der Waals surface area contributed by atoms with Crippen molar-refractivity contribution in [2.24, 2.45) is 0 Å². The number of aromatic nitrogens is 3. The highest BCUT2D eigenvalue weighted by atomic mass is 15.3. The average molecular weight is 244 g/mol. The van der Waals surface area contributed by atoms with Gasteiger partial charge in [0.05, 0.1) is 5.69 Å². The maximum atomic E-state index is 4.37. The van der Waals surface area contributed by atoms with Gasteiger partial charge in [0.25, 0.3) is 0 Å². The van der Waals surface area contributed by atoms with Crippen LogP contribution in [-0.4, -0.2) is 20.3 Å². The van der Waals surface area contributed by atoms with Crippen LogP contribution in [-0.2, 0) is 6.54 Å². The molecule has 0 aliphatic carbocycles. The fourth-order valence-electron chi connectivity index (χ4n) is 1.69. The number of nitrogens with zero attached hydrogens (tertiary/aromatic N) is 3. The molecule has 0 fully saturated rings. The van der Waals surface area contributed by atoms with Crippen molar-refractivity contribution in [3.05, 3.63) is 42.0 Å². The number of rotatable bonds is 3. The van der Waals surface area contributed by atoms with Crippen molar-refractivity contribution in [1.82, 2.24) is 20.1 Å². The number of hydrogen-bond donors (Lipinski definition) is 1. The van der Waals surface area contributed by atoms with Gasteiger partial charge in [-0.25, -0.2) is 4.68 Å². The van der Waals surface area contributed by atoms with Crippen molar-refractivity contribution in [3.8, 4) is 5.69 Å². The van der Waals surface area contributed by atoms with Crippen molar-refractivity contribution in [2.75, 3.05) is 0 Å². The van der Waals surface area contributed by atoms with Gasteiger partial charge in [0.2, 0.25) is 0 Å². The lowest BCUT2D eigenvalue weighted by atomic mass is 10.1. The quantitative estimate of drug-likeness (QED) is 0.902. The fraction of sp³-hybridized carbons (Fsp3) is 0.429. The molecule has 2 aromatic rings. The van der Waals surface area contributed by atoms with Crippen molar-refractivity contribution >= 4 is 0 Å². The van der Waals surface area contributed by atoms with Crippen molar-refractivity contribution in [2.45, 2.75) is 39.8 Å². The van der Waals surface area contributed by atoms with E-state index in [1.54, 1.807) is 6.20 Å².